The third kappa shape index (κ3) is 4.38. The molecule has 0 saturated heterocycles. The molecule has 0 amide bonds. The first-order valence-corrected chi connectivity index (χ1v) is 9.24. The fourth-order valence-corrected chi connectivity index (χ4v) is 3.53. The Morgan fingerprint density at radius 2 is 1.96 bits per heavy atom. The number of thiophene rings is 1. The predicted octanol–water partition coefficient (Wildman–Crippen LogP) is 3.91. The van der Waals surface area contributed by atoms with Crippen molar-refractivity contribution in [3.63, 3.8) is 0 Å². The average molecular weight is 367 g/mol. The number of hydrogen-bond acceptors (Lipinski definition) is 4. The highest BCUT2D eigenvalue weighted by Gasteiger charge is 2.29. The number of pyridine rings is 1. The Kier molecular flexibility index (Phi) is 5.68. The molecule has 2 aromatic heterocycles. The third-order valence-electron chi connectivity index (χ3n) is 3.77. The summed E-state index contributed by atoms with van der Waals surface area (Å²) < 4.78 is 1.86. The minimum absolute atomic E-state index is 0.0209. The van der Waals surface area contributed by atoms with Gasteiger partial charge in [-0.3, -0.25) is 4.79 Å². The van der Waals surface area contributed by atoms with Gasteiger partial charge in [0.05, 0.1) is 11.4 Å². The Morgan fingerprint density at radius 1 is 1.16 bits per heavy atom. The summed E-state index contributed by atoms with van der Waals surface area (Å²) in [5.41, 5.74) is 2.14. The van der Waals surface area contributed by atoms with Gasteiger partial charge in [0.2, 0.25) is 11.8 Å². The van der Waals surface area contributed by atoms with Gasteiger partial charge in [-0.1, -0.05) is 36.4 Å². The van der Waals surface area contributed by atoms with Gasteiger partial charge in [0.1, 0.15) is 0 Å². The maximum absolute atomic E-state index is 13.0. The fraction of sp³-hybridized carbons (Fsp3) is 0.150. The smallest absolute Gasteiger partial charge is 0.244 e. The van der Waals surface area contributed by atoms with Crippen LogP contribution < -0.4 is 4.57 Å². The SMILES string of the molecule is Cc1ccc[n+]([C@H](C(=O)c2cccs2)C([S-])=NCc2ccccc2)c1. The molecule has 3 aromatic rings. The van der Waals surface area contributed by atoms with E-state index in [1.807, 2.05) is 83.9 Å². The van der Waals surface area contributed by atoms with Crippen molar-refractivity contribution in [3.8, 4) is 0 Å². The standard InChI is InChI=1S/C20H18N2OS2/c1-15-7-5-11-22(14-15)18(19(23)17-10-6-12-25-17)20(24)21-13-16-8-3-2-4-9-16/h2-12,14,18H,13H2,1H3/t18-/m1/s1. The van der Waals surface area contributed by atoms with E-state index in [4.69, 9.17) is 12.6 Å². The number of Topliss-reactive ketones (excluding diaryl/α,β-unsaturated/α-hetero) is 1. The molecule has 0 bridgehead atoms. The highest BCUT2D eigenvalue weighted by molar-refractivity contribution is 7.77. The van der Waals surface area contributed by atoms with Crippen LogP contribution in [0.3, 0.4) is 0 Å². The van der Waals surface area contributed by atoms with Crippen LogP contribution in [0.25, 0.3) is 0 Å². The second-order valence-electron chi connectivity index (χ2n) is 5.71. The Hall–Kier alpha value is -2.37. The molecular weight excluding hydrogens is 348 g/mol. The summed E-state index contributed by atoms with van der Waals surface area (Å²) in [4.78, 5) is 18.2. The van der Waals surface area contributed by atoms with E-state index in [0.717, 1.165) is 11.1 Å². The van der Waals surface area contributed by atoms with Crippen LogP contribution in [0.4, 0.5) is 0 Å². The monoisotopic (exact) mass is 366 g/mol. The molecule has 0 aliphatic carbocycles. The highest BCUT2D eigenvalue weighted by Crippen LogP contribution is 2.17. The summed E-state index contributed by atoms with van der Waals surface area (Å²) in [6, 6.07) is 16.9. The lowest BCUT2D eigenvalue weighted by molar-refractivity contribution is -0.692. The molecule has 126 valence electrons. The maximum atomic E-state index is 13.0. The zero-order chi connectivity index (χ0) is 17.6. The molecule has 0 fully saturated rings. The van der Waals surface area contributed by atoms with Gasteiger partial charge < -0.3 is 17.6 Å². The van der Waals surface area contributed by atoms with Crippen molar-refractivity contribution >= 4 is 34.8 Å². The number of carbonyl (C=O) groups excluding carboxylic acids is 1. The molecule has 0 radical (unpaired) electrons. The normalized spacial score (nSPS) is 12.8. The molecular formula is C20H18N2OS2. The first kappa shape index (κ1) is 17.5. The van der Waals surface area contributed by atoms with Crippen LogP contribution >= 0.6 is 11.3 Å². The molecule has 0 spiro atoms. The lowest BCUT2D eigenvalue weighted by Crippen LogP contribution is -2.47. The fourth-order valence-electron chi connectivity index (χ4n) is 2.54. The van der Waals surface area contributed by atoms with E-state index >= 15 is 0 Å². The van der Waals surface area contributed by atoms with E-state index in [2.05, 4.69) is 4.99 Å². The van der Waals surface area contributed by atoms with E-state index in [-0.39, 0.29) is 5.78 Å². The molecule has 3 nitrogen and oxygen atoms in total. The van der Waals surface area contributed by atoms with Crippen molar-refractivity contribution in [3.05, 3.63) is 88.4 Å². The Balaban J connectivity index is 1.94. The van der Waals surface area contributed by atoms with E-state index in [9.17, 15) is 4.79 Å². The van der Waals surface area contributed by atoms with Gasteiger partial charge in [-0.05, 0) is 35.0 Å². The van der Waals surface area contributed by atoms with Crippen LogP contribution in [0.1, 0.15) is 26.8 Å². The first-order chi connectivity index (χ1) is 12.1. The Labute approximate surface area is 157 Å². The Bertz CT molecular complexity index is 874. The number of ketones is 1. The van der Waals surface area contributed by atoms with Gasteiger partial charge in [0, 0.05) is 11.6 Å². The maximum Gasteiger partial charge on any atom is 0.244 e. The van der Waals surface area contributed by atoms with Gasteiger partial charge in [-0.15, -0.1) is 11.3 Å². The minimum atomic E-state index is -0.600. The number of hydrogen-bond donors (Lipinski definition) is 0. The minimum Gasteiger partial charge on any atom is -0.758 e. The molecule has 0 unspecified atom stereocenters. The lowest BCUT2D eigenvalue weighted by atomic mass is 10.1. The van der Waals surface area contributed by atoms with E-state index < -0.39 is 6.04 Å². The van der Waals surface area contributed by atoms with Crippen LogP contribution in [0.15, 0.2) is 77.4 Å². The van der Waals surface area contributed by atoms with Gasteiger partial charge in [-0.25, -0.2) is 0 Å². The summed E-state index contributed by atoms with van der Waals surface area (Å²) in [6.07, 6.45) is 3.80. The summed E-state index contributed by atoms with van der Waals surface area (Å²) >= 11 is 6.97. The first-order valence-electron chi connectivity index (χ1n) is 7.95. The average Bonchev–Trinajstić information content (AvgIpc) is 3.16. The van der Waals surface area contributed by atoms with E-state index in [1.54, 1.807) is 0 Å². The van der Waals surface area contributed by atoms with Crippen molar-refractivity contribution in [1.29, 1.82) is 0 Å². The largest absolute Gasteiger partial charge is 0.758 e. The second-order valence-corrected chi connectivity index (χ2v) is 7.08. The number of rotatable bonds is 6. The lowest BCUT2D eigenvalue weighted by Gasteiger charge is -2.18. The predicted molar refractivity (Wildman–Crippen MR) is 104 cm³/mol. The molecule has 1 aromatic carbocycles. The molecule has 5 heteroatoms. The van der Waals surface area contributed by atoms with Crippen LogP contribution in [0.5, 0.6) is 0 Å². The van der Waals surface area contributed by atoms with Crippen LogP contribution in [-0.2, 0) is 19.2 Å². The van der Waals surface area contributed by atoms with Crippen molar-refractivity contribution in [2.24, 2.45) is 4.99 Å². The molecule has 1 atom stereocenters. The van der Waals surface area contributed by atoms with Gasteiger partial charge in [-0.2, -0.15) is 4.57 Å². The highest BCUT2D eigenvalue weighted by atomic mass is 32.1. The van der Waals surface area contributed by atoms with Crippen molar-refractivity contribution < 1.29 is 9.36 Å². The van der Waals surface area contributed by atoms with Crippen LogP contribution in [-0.4, -0.2) is 10.8 Å². The molecule has 0 saturated carbocycles. The number of aryl methyl sites for hydroxylation is 1. The molecule has 2 heterocycles. The Morgan fingerprint density at radius 3 is 2.64 bits per heavy atom. The topological polar surface area (TPSA) is 33.3 Å². The summed E-state index contributed by atoms with van der Waals surface area (Å²) in [6.45, 7) is 2.47. The third-order valence-corrected chi connectivity index (χ3v) is 5.01. The summed E-state index contributed by atoms with van der Waals surface area (Å²) in [7, 11) is 0. The van der Waals surface area contributed by atoms with Crippen molar-refractivity contribution in [2.45, 2.75) is 19.5 Å². The number of carbonyl (C=O) groups is 1. The van der Waals surface area contributed by atoms with E-state index in [0.29, 0.717) is 16.5 Å². The summed E-state index contributed by atoms with van der Waals surface area (Å²) in [5, 5.41) is 2.30. The van der Waals surface area contributed by atoms with Crippen molar-refractivity contribution in [2.75, 3.05) is 0 Å². The molecule has 0 aliphatic rings. The van der Waals surface area contributed by atoms with Gasteiger partial charge >= 0.3 is 0 Å². The zero-order valence-electron chi connectivity index (χ0n) is 13.8. The number of aliphatic imine (C=N–C) groups is 1. The molecule has 0 N–H and O–H groups in total. The quantitative estimate of drug-likeness (QED) is 0.218. The van der Waals surface area contributed by atoms with E-state index in [1.165, 1.54) is 11.3 Å². The molecule has 0 aliphatic heterocycles. The van der Waals surface area contributed by atoms with Gasteiger partial charge in [0.15, 0.2) is 12.4 Å². The van der Waals surface area contributed by atoms with Gasteiger partial charge in [0.25, 0.3) is 0 Å². The van der Waals surface area contributed by atoms with Crippen LogP contribution in [0, 0.1) is 6.92 Å². The zero-order valence-corrected chi connectivity index (χ0v) is 15.5. The van der Waals surface area contributed by atoms with Crippen LogP contribution in [0.2, 0.25) is 0 Å². The number of benzene rings is 1. The number of aromatic nitrogens is 1. The number of nitrogens with zero attached hydrogens (tertiary/aromatic N) is 2. The molecule has 3 rings (SSSR count). The van der Waals surface area contributed by atoms with Crippen molar-refractivity contribution in [1.82, 2.24) is 0 Å². The summed E-state index contributed by atoms with van der Waals surface area (Å²) in [5.74, 6) is -0.0209. The molecule has 25 heavy (non-hydrogen) atoms. The second kappa shape index (κ2) is 8.14.